The number of aryl methyl sites for hydroxylation is 1. The van der Waals surface area contributed by atoms with Crippen molar-refractivity contribution < 1.29 is 32.7 Å². The molecule has 4 aromatic rings. The number of hydrogen-bond donors (Lipinski definition) is 2. The van der Waals surface area contributed by atoms with Gasteiger partial charge < -0.3 is 14.7 Å². The van der Waals surface area contributed by atoms with Crippen LogP contribution in [-0.4, -0.2) is 50.4 Å². The van der Waals surface area contributed by atoms with Crippen LogP contribution in [0.2, 0.25) is 0 Å². The second-order valence-electron chi connectivity index (χ2n) is 9.29. The molecule has 198 valence electrons. The molecular formula is C28H26F3N3O4. The summed E-state index contributed by atoms with van der Waals surface area (Å²) in [5.41, 5.74) is 0.379. The summed E-state index contributed by atoms with van der Waals surface area (Å²) in [6.07, 6.45) is -4.60. The summed E-state index contributed by atoms with van der Waals surface area (Å²) in [6, 6.07) is 17.7. The summed E-state index contributed by atoms with van der Waals surface area (Å²) in [5.74, 6) is -1.06. The van der Waals surface area contributed by atoms with Crippen molar-refractivity contribution in [3.8, 4) is 34.0 Å². The smallest absolute Gasteiger partial charge is 0.417 e. The molecule has 0 radical (unpaired) electrons. The lowest BCUT2D eigenvalue weighted by Crippen LogP contribution is -2.52. The third-order valence-electron chi connectivity index (χ3n) is 6.65. The largest absolute Gasteiger partial charge is 0.480 e. The van der Waals surface area contributed by atoms with Gasteiger partial charge in [0.15, 0.2) is 0 Å². The number of halogens is 3. The third-order valence-corrected chi connectivity index (χ3v) is 6.65. The van der Waals surface area contributed by atoms with E-state index in [1.54, 1.807) is 62.5 Å². The second kappa shape index (κ2) is 10.4. The summed E-state index contributed by atoms with van der Waals surface area (Å²) in [4.78, 5) is 17.4. The van der Waals surface area contributed by atoms with E-state index >= 15 is 0 Å². The van der Waals surface area contributed by atoms with Crippen LogP contribution in [0.4, 0.5) is 13.2 Å². The molecule has 3 aromatic carbocycles. The topological polar surface area (TPSA) is 99.7 Å². The van der Waals surface area contributed by atoms with E-state index < -0.39 is 29.9 Å². The molecule has 0 bridgehead atoms. The first-order valence-electron chi connectivity index (χ1n) is 11.7. The van der Waals surface area contributed by atoms with Crippen LogP contribution in [0.3, 0.4) is 0 Å². The predicted octanol–water partition coefficient (Wildman–Crippen LogP) is 5.67. The Morgan fingerprint density at radius 3 is 2.39 bits per heavy atom. The monoisotopic (exact) mass is 525 g/mol. The number of benzene rings is 3. The molecule has 0 saturated carbocycles. The average Bonchev–Trinajstić information content (AvgIpc) is 3.38. The zero-order valence-corrected chi connectivity index (χ0v) is 21.0. The molecule has 7 nitrogen and oxygen atoms in total. The quantitative estimate of drug-likeness (QED) is 0.306. The molecule has 0 spiro atoms. The van der Waals surface area contributed by atoms with Crippen molar-refractivity contribution in [3.05, 3.63) is 83.4 Å². The number of hydrogen-bond acceptors (Lipinski definition) is 6. The number of rotatable bonds is 8. The van der Waals surface area contributed by atoms with Crippen molar-refractivity contribution in [2.75, 3.05) is 13.7 Å². The Hall–Kier alpha value is -4.02. The van der Waals surface area contributed by atoms with Crippen LogP contribution in [0.1, 0.15) is 23.6 Å². The molecule has 1 heterocycles. The van der Waals surface area contributed by atoms with E-state index in [0.29, 0.717) is 11.1 Å². The first-order chi connectivity index (χ1) is 17.9. The summed E-state index contributed by atoms with van der Waals surface area (Å²) in [7, 11) is 1.59. The highest BCUT2D eigenvalue weighted by molar-refractivity contribution is 5.78. The Morgan fingerprint density at radius 2 is 1.74 bits per heavy atom. The summed E-state index contributed by atoms with van der Waals surface area (Å²) in [5, 5.41) is 23.0. The first-order valence-corrected chi connectivity index (χ1v) is 11.7. The maximum absolute atomic E-state index is 14.0. The molecule has 0 aliphatic carbocycles. The Kier molecular flexibility index (Phi) is 7.39. The van der Waals surface area contributed by atoms with Crippen molar-refractivity contribution in [2.45, 2.75) is 32.1 Å². The molecule has 38 heavy (non-hydrogen) atoms. The van der Waals surface area contributed by atoms with Gasteiger partial charge in [0.25, 0.3) is 5.89 Å². The fraction of sp³-hybridized carbons (Fsp3) is 0.250. The molecule has 0 unspecified atom stereocenters. The molecule has 0 aliphatic heterocycles. The molecule has 0 aliphatic rings. The molecule has 4 rings (SSSR count). The van der Waals surface area contributed by atoms with Crippen LogP contribution in [0.25, 0.3) is 34.0 Å². The van der Waals surface area contributed by atoms with E-state index in [9.17, 15) is 28.2 Å². The van der Waals surface area contributed by atoms with Gasteiger partial charge in [-0.15, -0.1) is 0 Å². The maximum Gasteiger partial charge on any atom is 0.417 e. The van der Waals surface area contributed by atoms with E-state index in [4.69, 9.17) is 4.52 Å². The second-order valence-corrected chi connectivity index (χ2v) is 9.29. The molecule has 0 saturated heterocycles. The van der Waals surface area contributed by atoms with Gasteiger partial charge in [-0.05, 0) is 61.3 Å². The third kappa shape index (κ3) is 5.32. The minimum absolute atomic E-state index is 0.0622. The van der Waals surface area contributed by atoms with Crippen molar-refractivity contribution in [2.24, 2.45) is 0 Å². The SMILES string of the molecule is Cc1ccccc1-c1ccc(-c2nc(-c3cccc(CN(C)[C@@](C)(CO)C(=O)O)c3)no2)cc1C(F)(F)F. The number of nitrogens with zero attached hydrogens (tertiary/aromatic N) is 3. The molecular weight excluding hydrogens is 499 g/mol. The highest BCUT2D eigenvalue weighted by Gasteiger charge is 2.37. The van der Waals surface area contributed by atoms with E-state index in [2.05, 4.69) is 10.1 Å². The number of likely N-dealkylation sites (N-methyl/N-ethyl adjacent to an activating group) is 1. The van der Waals surface area contributed by atoms with E-state index in [0.717, 1.165) is 17.2 Å². The van der Waals surface area contributed by atoms with Gasteiger partial charge in [-0.3, -0.25) is 9.69 Å². The standard InChI is InChI=1S/C28H26F3N3O4/c1-17-7-4-5-10-21(17)22-12-11-20(14-23(22)28(29,30)31)25-32-24(33-38-25)19-9-6-8-18(13-19)15-34(3)27(2,16-35)26(36)37/h4-14,35H,15-16H2,1-3H3,(H,36,37)/t27-/m0/s1. The number of carboxylic acid groups (broad SMARTS) is 1. The van der Waals surface area contributed by atoms with Gasteiger partial charge in [0.05, 0.1) is 12.2 Å². The fourth-order valence-electron chi connectivity index (χ4n) is 4.09. The summed E-state index contributed by atoms with van der Waals surface area (Å²) in [6.45, 7) is 2.81. The summed E-state index contributed by atoms with van der Waals surface area (Å²) < 4.78 is 47.4. The molecule has 1 aromatic heterocycles. The lowest BCUT2D eigenvalue weighted by molar-refractivity contribution is -0.152. The van der Waals surface area contributed by atoms with Crippen molar-refractivity contribution in [1.82, 2.24) is 15.0 Å². The zero-order valence-electron chi connectivity index (χ0n) is 21.0. The maximum atomic E-state index is 14.0. The van der Waals surface area contributed by atoms with Crippen molar-refractivity contribution in [3.63, 3.8) is 0 Å². The Labute approximate surface area is 217 Å². The number of carbonyl (C=O) groups is 1. The Morgan fingerprint density at radius 1 is 1.00 bits per heavy atom. The van der Waals surface area contributed by atoms with Crippen LogP contribution in [0.15, 0.2) is 71.3 Å². The van der Waals surface area contributed by atoms with Gasteiger partial charge in [0.1, 0.15) is 5.54 Å². The van der Waals surface area contributed by atoms with Crippen LogP contribution < -0.4 is 0 Å². The Balaban J connectivity index is 1.65. The number of alkyl halides is 3. The normalized spacial score (nSPS) is 13.5. The van der Waals surface area contributed by atoms with Crippen molar-refractivity contribution in [1.29, 1.82) is 0 Å². The zero-order chi connectivity index (χ0) is 27.7. The van der Waals surface area contributed by atoms with Gasteiger partial charge in [0.2, 0.25) is 5.82 Å². The van der Waals surface area contributed by atoms with Crippen molar-refractivity contribution >= 4 is 5.97 Å². The lowest BCUT2D eigenvalue weighted by atomic mass is 9.94. The van der Waals surface area contributed by atoms with Gasteiger partial charge in [0, 0.05) is 17.7 Å². The highest BCUT2D eigenvalue weighted by atomic mass is 19.4. The molecule has 2 N–H and O–H groups in total. The van der Waals surface area contributed by atoms with Gasteiger partial charge in [-0.2, -0.15) is 18.2 Å². The predicted molar refractivity (Wildman–Crippen MR) is 135 cm³/mol. The number of carboxylic acids is 1. The number of aliphatic carboxylic acids is 1. The number of aliphatic hydroxyl groups excluding tert-OH is 1. The average molecular weight is 526 g/mol. The minimum atomic E-state index is -4.60. The van der Waals surface area contributed by atoms with Gasteiger partial charge in [-0.1, -0.05) is 53.7 Å². The van der Waals surface area contributed by atoms with E-state index in [-0.39, 0.29) is 29.4 Å². The molecule has 1 atom stereocenters. The highest BCUT2D eigenvalue weighted by Crippen LogP contribution is 2.40. The molecule has 0 amide bonds. The first kappa shape index (κ1) is 27.0. The number of aromatic nitrogens is 2. The molecule has 10 heteroatoms. The van der Waals surface area contributed by atoms with Crippen LogP contribution >= 0.6 is 0 Å². The van der Waals surface area contributed by atoms with E-state index in [1.807, 2.05) is 0 Å². The van der Waals surface area contributed by atoms with Crippen LogP contribution in [0, 0.1) is 6.92 Å². The van der Waals surface area contributed by atoms with Gasteiger partial charge >= 0.3 is 12.1 Å². The minimum Gasteiger partial charge on any atom is -0.480 e. The van der Waals surface area contributed by atoms with E-state index in [1.165, 1.54) is 24.0 Å². The number of aliphatic hydroxyl groups is 1. The molecule has 0 fully saturated rings. The van der Waals surface area contributed by atoms with Crippen LogP contribution in [-0.2, 0) is 17.5 Å². The van der Waals surface area contributed by atoms with Gasteiger partial charge in [-0.25, -0.2) is 0 Å². The van der Waals surface area contributed by atoms with Crippen LogP contribution in [0.5, 0.6) is 0 Å². The summed E-state index contributed by atoms with van der Waals surface area (Å²) >= 11 is 0. The lowest BCUT2D eigenvalue weighted by Gasteiger charge is -2.33. The Bertz CT molecular complexity index is 1470. The fourth-order valence-corrected chi connectivity index (χ4v) is 4.09.